The lowest BCUT2D eigenvalue weighted by Gasteiger charge is -2.28. The van der Waals surface area contributed by atoms with Crippen molar-refractivity contribution in [3.63, 3.8) is 0 Å². The number of carboxylic acid groups (broad SMARTS) is 1. The molecular weight excluding hydrogens is 298 g/mol. The van der Waals surface area contributed by atoms with Crippen LogP contribution in [0.15, 0.2) is 24.3 Å². The molecule has 0 bridgehead atoms. The number of ether oxygens (including phenoxy) is 1. The van der Waals surface area contributed by atoms with Gasteiger partial charge >= 0.3 is 11.9 Å². The van der Waals surface area contributed by atoms with Crippen molar-refractivity contribution in [2.24, 2.45) is 0 Å². The predicted molar refractivity (Wildman–Crippen MR) is 88.8 cm³/mol. The van der Waals surface area contributed by atoms with Gasteiger partial charge < -0.3 is 19.4 Å². The Bertz CT molecular complexity index is 423. The SMILES string of the molecule is C/C=C/C=C/CCC(O)CC(=O)OC(CC(=O)O)C[N+](C)(C)C. The van der Waals surface area contributed by atoms with Crippen molar-refractivity contribution >= 4 is 11.9 Å². The van der Waals surface area contributed by atoms with Gasteiger partial charge in [-0.05, 0) is 19.8 Å². The van der Waals surface area contributed by atoms with Gasteiger partial charge in [-0.2, -0.15) is 0 Å². The van der Waals surface area contributed by atoms with E-state index in [0.717, 1.165) is 0 Å². The normalized spacial score (nSPS) is 15.0. The van der Waals surface area contributed by atoms with E-state index in [1.807, 2.05) is 52.4 Å². The molecule has 0 aliphatic heterocycles. The zero-order chi connectivity index (χ0) is 17.9. The highest BCUT2D eigenvalue weighted by molar-refractivity contribution is 5.71. The number of carbonyl (C=O) groups is 2. The number of allylic oxidation sites excluding steroid dienone is 4. The van der Waals surface area contributed by atoms with Crippen molar-refractivity contribution in [1.82, 2.24) is 0 Å². The molecule has 23 heavy (non-hydrogen) atoms. The van der Waals surface area contributed by atoms with E-state index in [-0.39, 0.29) is 12.8 Å². The number of nitrogens with zero attached hydrogens (tertiary/aromatic N) is 1. The molecule has 2 N–H and O–H groups in total. The van der Waals surface area contributed by atoms with Crippen molar-refractivity contribution in [2.45, 2.75) is 44.8 Å². The van der Waals surface area contributed by atoms with Crippen molar-refractivity contribution in [3.8, 4) is 0 Å². The van der Waals surface area contributed by atoms with Crippen LogP contribution in [-0.4, -0.2) is 66.5 Å². The van der Waals surface area contributed by atoms with Crippen LogP contribution in [0.1, 0.15) is 32.6 Å². The number of quaternary nitrogens is 1. The number of carbonyl (C=O) groups excluding carboxylic acids is 1. The summed E-state index contributed by atoms with van der Waals surface area (Å²) in [6.45, 7) is 2.32. The topological polar surface area (TPSA) is 83.8 Å². The third kappa shape index (κ3) is 13.7. The van der Waals surface area contributed by atoms with Gasteiger partial charge in [-0.1, -0.05) is 24.3 Å². The monoisotopic (exact) mass is 328 g/mol. The summed E-state index contributed by atoms with van der Waals surface area (Å²) in [7, 11) is 5.69. The summed E-state index contributed by atoms with van der Waals surface area (Å²) in [6, 6.07) is 0. The van der Waals surface area contributed by atoms with Crippen molar-refractivity contribution < 1.29 is 29.0 Å². The minimum atomic E-state index is -1.01. The van der Waals surface area contributed by atoms with E-state index in [2.05, 4.69) is 0 Å². The number of hydrogen-bond acceptors (Lipinski definition) is 4. The van der Waals surface area contributed by atoms with Crippen LogP contribution in [0.4, 0.5) is 0 Å². The van der Waals surface area contributed by atoms with Gasteiger partial charge in [0.25, 0.3) is 0 Å². The lowest BCUT2D eigenvalue weighted by molar-refractivity contribution is -0.873. The lowest BCUT2D eigenvalue weighted by Crippen LogP contribution is -2.44. The molecule has 0 rings (SSSR count). The van der Waals surface area contributed by atoms with Gasteiger partial charge in [0.15, 0.2) is 6.10 Å². The number of aliphatic hydroxyl groups excluding tert-OH is 1. The standard InChI is InChI=1S/C17H29NO5/c1-5-6-7-8-9-10-14(19)11-17(22)23-15(12-16(20)21)13-18(2,3)4/h5-8,14-15,19H,9-13H2,1-4H3/p+1/b6-5+,8-7+. The van der Waals surface area contributed by atoms with Gasteiger partial charge in [-0.3, -0.25) is 9.59 Å². The second-order valence-corrected chi connectivity index (χ2v) is 6.57. The van der Waals surface area contributed by atoms with E-state index in [9.17, 15) is 14.7 Å². The molecule has 0 aromatic rings. The fourth-order valence-electron chi connectivity index (χ4n) is 2.05. The summed E-state index contributed by atoms with van der Waals surface area (Å²) in [6.07, 6.45) is 6.89. The number of hydrogen-bond donors (Lipinski definition) is 2. The minimum Gasteiger partial charge on any atom is -0.481 e. The molecule has 0 saturated heterocycles. The fraction of sp³-hybridized carbons (Fsp3) is 0.647. The molecule has 0 aliphatic carbocycles. The molecule has 0 saturated carbocycles. The molecule has 132 valence electrons. The minimum absolute atomic E-state index is 0.120. The van der Waals surface area contributed by atoms with Gasteiger partial charge in [-0.15, -0.1) is 0 Å². The van der Waals surface area contributed by atoms with Crippen LogP contribution in [0.5, 0.6) is 0 Å². The first-order valence-electron chi connectivity index (χ1n) is 7.81. The molecule has 0 fully saturated rings. The molecule has 0 aromatic heterocycles. The van der Waals surface area contributed by atoms with E-state index < -0.39 is 24.1 Å². The summed E-state index contributed by atoms with van der Waals surface area (Å²) >= 11 is 0. The smallest absolute Gasteiger partial charge is 0.308 e. The third-order valence-electron chi connectivity index (χ3n) is 2.96. The second-order valence-electron chi connectivity index (χ2n) is 6.57. The number of likely N-dealkylation sites (N-methyl/N-ethyl adjacent to an activating group) is 1. The Morgan fingerprint density at radius 1 is 1.17 bits per heavy atom. The Kier molecular flexibility index (Phi) is 10.2. The molecule has 6 nitrogen and oxygen atoms in total. The average Bonchev–Trinajstić information content (AvgIpc) is 2.35. The van der Waals surface area contributed by atoms with Gasteiger partial charge in [0.05, 0.1) is 40.1 Å². The first-order chi connectivity index (χ1) is 10.6. The van der Waals surface area contributed by atoms with Crippen LogP contribution in [0, 0.1) is 0 Å². The van der Waals surface area contributed by atoms with Gasteiger partial charge in [0, 0.05) is 0 Å². The molecule has 6 heteroatoms. The molecule has 2 unspecified atom stereocenters. The Morgan fingerprint density at radius 3 is 2.35 bits per heavy atom. The number of aliphatic carboxylic acids is 1. The maximum absolute atomic E-state index is 11.9. The van der Waals surface area contributed by atoms with Crippen molar-refractivity contribution in [1.29, 1.82) is 0 Å². The fourth-order valence-corrected chi connectivity index (χ4v) is 2.05. The molecule has 0 aliphatic rings. The van der Waals surface area contributed by atoms with Crippen LogP contribution in [0.25, 0.3) is 0 Å². The van der Waals surface area contributed by atoms with Crippen LogP contribution in [0.3, 0.4) is 0 Å². The number of esters is 1. The quantitative estimate of drug-likeness (QED) is 0.343. The van der Waals surface area contributed by atoms with Crippen LogP contribution in [-0.2, 0) is 14.3 Å². The van der Waals surface area contributed by atoms with E-state index in [0.29, 0.717) is 23.9 Å². The molecule has 2 atom stereocenters. The van der Waals surface area contributed by atoms with E-state index in [1.165, 1.54) is 0 Å². The maximum atomic E-state index is 11.9. The lowest BCUT2D eigenvalue weighted by atomic mass is 10.1. The van der Waals surface area contributed by atoms with Gasteiger partial charge in [0.1, 0.15) is 6.54 Å². The summed E-state index contributed by atoms with van der Waals surface area (Å²) in [5, 5.41) is 18.7. The molecule has 0 aromatic carbocycles. The van der Waals surface area contributed by atoms with E-state index in [1.54, 1.807) is 0 Å². The molecule has 0 heterocycles. The van der Waals surface area contributed by atoms with Crippen LogP contribution >= 0.6 is 0 Å². The second kappa shape index (κ2) is 11.0. The highest BCUT2D eigenvalue weighted by Crippen LogP contribution is 2.09. The number of rotatable bonds is 11. The van der Waals surface area contributed by atoms with E-state index >= 15 is 0 Å². The summed E-state index contributed by atoms with van der Waals surface area (Å²) in [5.41, 5.74) is 0. The number of aliphatic hydroxyl groups is 1. The largest absolute Gasteiger partial charge is 0.481 e. The van der Waals surface area contributed by atoms with Crippen LogP contribution in [0.2, 0.25) is 0 Å². The molecule has 0 spiro atoms. The molecular formula is C17H30NO5+. The zero-order valence-electron chi connectivity index (χ0n) is 14.6. The van der Waals surface area contributed by atoms with Crippen molar-refractivity contribution in [3.05, 3.63) is 24.3 Å². The first-order valence-corrected chi connectivity index (χ1v) is 7.81. The Balaban J connectivity index is 4.31. The van der Waals surface area contributed by atoms with Gasteiger partial charge in [-0.25, -0.2) is 0 Å². The summed E-state index contributed by atoms with van der Waals surface area (Å²) < 4.78 is 5.72. The van der Waals surface area contributed by atoms with Crippen molar-refractivity contribution in [2.75, 3.05) is 27.7 Å². The molecule has 0 radical (unpaired) electrons. The first kappa shape index (κ1) is 21.3. The van der Waals surface area contributed by atoms with E-state index in [4.69, 9.17) is 9.84 Å². The van der Waals surface area contributed by atoms with Crippen LogP contribution < -0.4 is 0 Å². The maximum Gasteiger partial charge on any atom is 0.308 e. The Morgan fingerprint density at radius 2 is 1.83 bits per heavy atom. The highest BCUT2D eigenvalue weighted by atomic mass is 16.5. The highest BCUT2D eigenvalue weighted by Gasteiger charge is 2.25. The zero-order valence-corrected chi connectivity index (χ0v) is 14.6. The third-order valence-corrected chi connectivity index (χ3v) is 2.96. The van der Waals surface area contributed by atoms with Gasteiger partial charge in [0.2, 0.25) is 0 Å². The average molecular weight is 328 g/mol. The predicted octanol–water partition coefficient (Wildman–Crippen LogP) is 1.74. The Labute approximate surface area is 138 Å². The summed E-state index contributed by atoms with van der Waals surface area (Å²) in [4.78, 5) is 22.7. The molecule has 0 amide bonds. The number of carboxylic acids is 1. The Hall–Kier alpha value is -1.66. The summed E-state index contributed by atoms with van der Waals surface area (Å²) in [5.74, 6) is -1.57.